The number of aromatic amines is 1. The standard InChI is InChI=1S/C17H13F5N6/c1-8(17(20,21)22)26-16-25-5-11-10(4-24-15(11)27-16)9-2-3-13-23-6-12(14(18)19)28(13)7-9/h2-8,14H,1H3,(H2,24,25,26,27). The maximum absolute atomic E-state index is 13.1. The van der Waals surface area contributed by atoms with Gasteiger partial charge in [0.15, 0.2) is 0 Å². The van der Waals surface area contributed by atoms with Crippen LogP contribution in [0, 0.1) is 0 Å². The third-order valence-electron chi connectivity index (χ3n) is 4.34. The Labute approximate surface area is 154 Å². The van der Waals surface area contributed by atoms with Gasteiger partial charge in [-0.05, 0) is 19.1 Å². The lowest BCUT2D eigenvalue weighted by Crippen LogP contribution is -2.33. The molecule has 4 rings (SSSR count). The largest absolute Gasteiger partial charge is 0.408 e. The van der Waals surface area contributed by atoms with Crippen LogP contribution in [0.25, 0.3) is 27.8 Å². The van der Waals surface area contributed by atoms with Gasteiger partial charge >= 0.3 is 6.18 Å². The first-order valence-corrected chi connectivity index (χ1v) is 8.17. The number of halogens is 5. The van der Waals surface area contributed by atoms with Crippen LogP contribution in [-0.4, -0.2) is 36.6 Å². The normalized spacial score (nSPS) is 13.5. The van der Waals surface area contributed by atoms with Crippen LogP contribution in [0.5, 0.6) is 0 Å². The van der Waals surface area contributed by atoms with E-state index in [4.69, 9.17) is 0 Å². The summed E-state index contributed by atoms with van der Waals surface area (Å²) in [7, 11) is 0. The van der Waals surface area contributed by atoms with E-state index in [-0.39, 0.29) is 11.6 Å². The Bertz CT molecular complexity index is 1150. The fraction of sp³-hybridized carbons (Fsp3) is 0.235. The van der Waals surface area contributed by atoms with E-state index in [1.165, 1.54) is 16.8 Å². The van der Waals surface area contributed by atoms with Gasteiger partial charge in [0.25, 0.3) is 6.43 Å². The summed E-state index contributed by atoms with van der Waals surface area (Å²) in [6.07, 6.45) is -1.50. The summed E-state index contributed by atoms with van der Waals surface area (Å²) in [5, 5.41) is 2.75. The molecule has 2 N–H and O–H groups in total. The number of pyridine rings is 1. The van der Waals surface area contributed by atoms with Crippen LogP contribution in [0.3, 0.4) is 0 Å². The second-order valence-corrected chi connectivity index (χ2v) is 6.20. The van der Waals surface area contributed by atoms with Gasteiger partial charge in [-0.2, -0.15) is 18.2 Å². The van der Waals surface area contributed by atoms with Crippen LogP contribution in [0.15, 0.2) is 36.9 Å². The molecule has 0 aliphatic heterocycles. The van der Waals surface area contributed by atoms with Crippen molar-refractivity contribution in [3.8, 4) is 11.1 Å². The van der Waals surface area contributed by atoms with Crippen LogP contribution < -0.4 is 5.32 Å². The molecule has 1 unspecified atom stereocenters. The third-order valence-corrected chi connectivity index (χ3v) is 4.34. The topological polar surface area (TPSA) is 70.9 Å². The Balaban J connectivity index is 1.72. The van der Waals surface area contributed by atoms with E-state index < -0.39 is 18.6 Å². The number of hydrogen-bond acceptors (Lipinski definition) is 4. The number of fused-ring (bicyclic) bond motifs is 2. The summed E-state index contributed by atoms with van der Waals surface area (Å²) in [6.45, 7) is 0.967. The molecule has 0 aromatic carbocycles. The number of nitrogens with zero attached hydrogens (tertiary/aromatic N) is 4. The zero-order valence-electron chi connectivity index (χ0n) is 14.3. The second-order valence-electron chi connectivity index (χ2n) is 6.20. The summed E-state index contributed by atoms with van der Waals surface area (Å²) in [5.41, 5.74) is 1.69. The van der Waals surface area contributed by atoms with Gasteiger partial charge in [-0.15, -0.1) is 0 Å². The third kappa shape index (κ3) is 3.12. The Morgan fingerprint density at radius 1 is 1.14 bits per heavy atom. The first-order chi connectivity index (χ1) is 13.2. The molecule has 0 radical (unpaired) electrons. The Morgan fingerprint density at radius 2 is 1.93 bits per heavy atom. The van der Waals surface area contributed by atoms with Crippen molar-refractivity contribution in [3.05, 3.63) is 42.6 Å². The minimum absolute atomic E-state index is 0.171. The number of anilines is 1. The van der Waals surface area contributed by atoms with Crippen molar-refractivity contribution in [3.63, 3.8) is 0 Å². The van der Waals surface area contributed by atoms with E-state index >= 15 is 0 Å². The van der Waals surface area contributed by atoms with Gasteiger partial charge in [0, 0.05) is 35.1 Å². The van der Waals surface area contributed by atoms with Crippen LogP contribution in [0.4, 0.5) is 27.9 Å². The number of hydrogen-bond donors (Lipinski definition) is 2. The molecule has 0 bridgehead atoms. The van der Waals surface area contributed by atoms with Gasteiger partial charge in [0.05, 0.1) is 6.20 Å². The Morgan fingerprint density at radius 3 is 2.64 bits per heavy atom. The minimum atomic E-state index is -4.43. The average Bonchev–Trinajstić information content (AvgIpc) is 3.23. The molecule has 4 heterocycles. The quantitative estimate of drug-likeness (QED) is 0.496. The molecule has 11 heteroatoms. The lowest BCUT2D eigenvalue weighted by Gasteiger charge is -2.16. The minimum Gasteiger partial charge on any atom is -0.345 e. The molecule has 0 aliphatic carbocycles. The van der Waals surface area contributed by atoms with Crippen molar-refractivity contribution in [2.75, 3.05) is 5.32 Å². The van der Waals surface area contributed by atoms with Gasteiger partial charge in [0.2, 0.25) is 5.95 Å². The van der Waals surface area contributed by atoms with Crippen molar-refractivity contribution in [2.45, 2.75) is 25.6 Å². The molecule has 0 saturated carbocycles. The number of aromatic nitrogens is 5. The first kappa shape index (κ1) is 18.1. The molecule has 6 nitrogen and oxygen atoms in total. The van der Waals surface area contributed by atoms with Gasteiger partial charge in [0.1, 0.15) is 23.0 Å². The van der Waals surface area contributed by atoms with E-state index in [1.807, 2.05) is 0 Å². The molecular formula is C17H13F5N6. The average molecular weight is 396 g/mol. The van der Waals surface area contributed by atoms with Gasteiger partial charge in [-0.1, -0.05) is 0 Å². The second kappa shape index (κ2) is 6.43. The van der Waals surface area contributed by atoms with Gasteiger partial charge in [-0.25, -0.2) is 18.7 Å². The molecule has 0 aliphatic rings. The number of H-pyrrole nitrogens is 1. The fourth-order valence-corrected chi connectivity index (χ4v) is 2.81. The molecule has 0 saturated heterocycles. The van der Waals surface area contributed by atoms with Gasteiger partial charge in [-0.3, -0.25) is 4.40 Å². The maximum Gasteiger partial charge on any atom is 0.408 e. The van der Waals surface area contributed by atoms with Crippen LogP contribution >= 0.6 is 0 Å². The van der Waals surface area contributed by atoms with E-state index in [1.54, 1.807) is 18.3 Å². The highest BCUT2D eigenvalue weighted by Gasteiger charge is 2.36. The SMILES string of the molecule is CC(Nc1ncc2c(-c3ccc4ncc(C(F)F)n4c3)c[nH]c2n1)C(F)(F)F. The van der Waals surface area contributed by atoms with Crippen molar-refractivity contribution >= 4 is 22.6 Å². The number of imidazole rings is 1. The van der Waals surface area contributed by atoms with E-state index in [9.17, 15) is 22.0 Å². The lowest BCUT2D eigenvalue weighted by atomic mass is 10.1. The predicted molar refractivity (Wildman–Crippen MR) is 92.2 cm³/mol. The van der Waals surface area contributed by atoms with E-state index in [0.717, 1.165) is 13.1 Å². The summed E-state index contributed by atoms with van der Waals surface area (Å²) in [6, 6.07) is 1.50. The highest BCUT2D eigenvalue weighted by Crippen LogP contribution is 2.30. The predicted octanol–water partition coefficient (Wildman–Crippen LogP) is 4.57. The number of rotatable bonds is 4. The molecule has 0 fully saturated rings. The molecule has 28 heavy (non-hydrogen) atoms. The van der Waals surface area contributed by atoms with Crippen LogP contribution in [0.2, 0.25) is 0 Å². The molecular weight excluding hydrogens is 383 g/mol. The van der Waals surface area contributed by atoms with Crippen molar-refractivity contribution < 1.29 is 22.0 Å². The number of nitrogens with one attached hydrogen (secondary N) is 2. The van der Waals surface area contributed by atoms with E-state index in [0.29, 0.717) is 27.8 Å². The van der Waals surface area contributed by atoms with Crippen LogP contribution in [-0.2, 0) is 0 Å². The molecule has 0 amide bonds. The smallest absolute Gasteiger partial charge is 0.345 e. The number of alkyl halides is 5. The zero-order valence-corrected chi connectivity index (χ0v) is 14.3. The first-order valence-electron chi connectivity index (χ1n) is 8.17. The highest BCUT2D eigenvalue weighted by atomic mass is 19.4. The summed E-state index contributed by atoms with van der Waals surface area (Å²) >= 11 is 0. The Hall–Kier alpha value is -3.24. The zero-order chi connectivity index (χ0) is 20.1. The summed E-state index contributed by atoms with van der Waals surface area (Å²) in [4.78, 5) is 14.8. The lowest BCUT2D eigenvalue weighted by molar-refractivity contribution is -0.138. The van der Waals surface area contributed by atoms with Crippen LogP contribution in [0.1, 0.15) is 19.0 Å². The molecule has 4 aromatic heterocycles. The summed E-state index contributed by atoms with van der Waals surface area (Å²) < 4.78 is 65.6. The van der Waals surface area contributed by atoms with E-state index in [2.05, 4.69) is 25.3 Å². The van der Waals surface area contributed by atoms with Crippen molar-refractivity contribution in [1.29, 1.82) is 0 Å². The monoisotopic (exact) mass is 396 g/mol. The molecule has 4 aromatic rings. The highest BCUT2D eigenvalue weighted by molar-refractivity contribution is 5.93. The molecule has 0 spiro atoms. The van der Waals surface area contributed by atoms with Crippen molar-refractivity contribution in [1.82, 2.24) is 24.3 Å². The van der Waals surface area contributed by atoms with Crippen molar-refractivity contribution in [2.24, 2.45) is 0 Å². The maximum atomic E-state index is 13.1. The molecule has 1 atom stereocenters. The molecule has 146 valence electrons. The summed E-state index contributed by atoms with van der Waals surface area (Å²) in [5.74, 6) is -0.171. The fourth-order valence-electron chi connectivity index (χ4n) is 2.81. The van der Waals surface area contributed by atoms with Gasteiger partial charge < -0.3 is 10.3 Å². The Kier molecular flexibility index (Phi) is 4.16.